The molecule has 2 rings (SSSR count). The summed E-state index contributed by atoms with van der Waals surface area (Å²) in [7, 11) is 0. The number of benzene rings is 1. The molecule has 0 unspecified atom stereocenters. The van der Waals surface area contributed by atoms with Gasteiger partial charge in [-0.15, -0.1) is 0 Å². The Labute approximate surface area is 107 Å². The molecule has 0 atom stereocenters. The van der Waals surface area contributed by atoms with Gasteiger partial charge >= 0.3 is 0 Å². The second kappa shape index (κ2) is 5.97. The van der Waals surface area contributed by atoms with Crippen LogP contribution in [0.25, 0.3) is 11.1 Å². The van der Waals surface area contributed by atoms with Gasteiger partial charge in [0.05, 0.1) is 0 Å². The van der Waals surface area contributed by atoms with Crippen molar-refractivity contribution in [1.82, 2.24) is 0 Å². The van der Waals surface area contributed by atoms with Gasteiger partial charge in [-0.05, 0) is 30.2 Å². The van der Waals surface area contributed by atoms with Crippen LogP contribution in [-0.4, -0.2) is 0 Å². The molecule has 0 aliphatic rings. The zero-order chi connectivity index (χ0) is 12.8. The Bertz CT molecular complexity index is 569. The van der Waals surface area contributed by atoms with Gasteiger partial charge in [-0.1, -0.05) is 66.2 Å². The van der Waals surface area contributed by atoms with Crippen LogP contribution in [0.3, 0.4) is 0 Å². The Morgan fingerprint density at radius 3 is 1.94 bits per heavy atom. The minimum atomic E-state index is -0.211. The van der Waals surface area contributed by atoms with E-state index >= 15 is 0 Å². The molecular formula is C17H15F. The molecule has 0 fully saturated rings. The van der Waals surface area contributed by atoms with Crippen LogP contribution in [-0.2, 0) is 0 Å². The van der Waals surface area contributed by atoms with Crippen molar-refractivity contribution in [2.75, 3.05) is 0 Å². The monoisotopic (exact) mass is 238 g/mol. The molecule has 2 aromatic carbocycles. The van der Waals surface area contributed by atoms with Crippen LogP contribution < -0.4 is 0 Å². The van der Waals surface area contributed by atoms with Crippen molar-refractivity contribution >= 4 is 0 Å². The normalized spacial score (nSPS) is 9.67. The Morgan fingerprint density at radius 1 is 0.611 bits per heavy atom. The molecule has 1 heteroatoms. The van der Waals surface area contributed by atoms with Crippen molar-refractivity contribution in [3.8, 4) is 11.1 Å². The van der Waals surface area contributed by atoms with Crippen LogP contribution in [0.2, 0.25) is 0 Å². The van der Waals surface area contributed by atoms with Gasteiger partial charge in [0.25, 0.3) is 0 Å². The van der Waals surface area contributed by atoms with Crippen LogP contribution in [0.15, 0.2) is 72.8 Å². The van der Waals surface area contributed by atoms with E-state index in [1.54, 1.807) is 12.1 Å². The quantitative estimate of drug-likeness (QED) is 0.661. The van der Waals surface area contributed by atoms with Crippen molar-refractivity contribution in [2.45, 2.75) is 6.92 Å². The third-order valence-corrected chi connectivity index (χ3v) is 2.67. The molecule has 0 saturated carbocycles. The SMILES string of the molecule is Cc1cccccc(-c2ccc(F)cc2)ccc1. The zero-order valence-corrected chi connectivity index (χ0v) is 10.3. The number of hydrogen-bond acceptors (Lipinski definition) is 0. The first-order valence-electron chi connectivity index (χ1n) is 5.92. The van der Waals surface area contributed by atoms with Gasteiger partial charge in [0.2, 0.25) is 0 Å². The minimum absolute atomic E-state index is 0.211. The summed E-state index contributed by atoms with van der Waals surface area (Å²) in [5, 5.41) is 0. The van der Waals surface area contributed by atoms with Gasteiger partial charge in [0.1, 0.15) is 5.82 Å². The Hall–Kier alpha value is -2.15. The third kappa shape index (κ3) is 3.42. The number of hydrogen-bond donors (Lipinski definition) is 0. The lowest BCUT2D eigenvalue weighted by Crippen LogP contribution is -1.76. The summed E-state index contributed by atoms with van der Waals surface area (Å²) >= 11 is 0. The van der Waals surface area contributed by atoms with Crippen LogP contribution in [0, 0.1) is 12.7 Å². The summed E-state index contributed by atoms with van der Waals surface area (Å²) in [6.07, 6.45) is 0. The van der Waals surface area contributed by atoms with E-state index < -0.39 is 0 Å². The fraction of sp³-hybridized carbons (Fsp3) is 0.0588. The molecule has 2 aromatic rings. The number of halogens is 1. The molecule has 90 valence electrons. The number of rotatable bonds is 1. The van der Waals surface area contributed by atoms with Gasteiger partial charge < -0.3 is 0 Å². The van der Waals surface area contributed by atoms with Crippen molar-refractivity contribution in [2.24, 2.45) is 0 Å². The third-order valence-electron chi connectivity index (χ3n) is 2.67. The smallest absolute Gasteiger partial charge is 0.123 e. The average Bonchev–Trinajstić information content (AvgIpc) is 2.38. The molecule has 0 radical (unpaired) electrons. The summed E-state index contributed by atoms with van der Waals surface area (Å²) < 4.78 is 12.9. The molecule has 0 saturated heterocycles. The lowest BCUT2D eigenvalue weighted by Gasteiger charge is -1.98. The molecule has 0 N–H and O–H groups in total. The molecule has 0 heterocycles. The maximum atomic E-state index is 12.9. The van der Waals surface area contributed by atoms with E-state index in [0.717, 1.165) is 11.1 Å². The molecule has 0 aliphatic heterocycles. The van der Waals surface area contributed by atoms with Gasteiger partial charge in [-0.3, -0.25) is 0 Å². The fourth-order valence-corrected chi connectivity index (χ4v) is 1.68. The lowest BCUT2D eigenvalue weighted by atomic mass is 10.1. The van der Waals surface area contributed by atoms with Crippen LogP contribution in [0.5, 0.6) is 0 Å². The second-order valence-corrected chi connectivity index (χ2v) is 4.14. The Kier molecular flexibility index (Phi) is 4.08. The van der Waals surface area contributed by atoms with E-state index in [4.69, 9.17) is 0 Å². The first kappa shape index (κ1) is 12.3. The molecule has 0 aromatic heterocycles. The molecular weight excluding hydrogens is 223 g/mol. The minimum Gasteiger partial charge on any atom is -0.207 e. The average molecular weight is 238 g/mol. The molecule has 0 amide bonds. The largest absolute Gasteiger partial charge is 0.207 e. The Balaban J connectivity index is 2.50. The molecule has 0 spiro atoms. The van der Waals surface area contributed by atoms with Crippen LogP contribution >= 0.6 is 0 Å². The van der Waals surface area contributed by atoms with Crippen molar-refractivity contribution in [1.29, 1.82) is 0 Å². The van der Waals surface area contributed by atoms with Crippen LogP contribution in [0.4, 0.5) is 4.39 Å². The van der Waals surface area contributed by atoms with E-state index in [-0.39, 0.29) is 5.82 Å². The topological polar surface area (TPSA) is 0 Å². The van der Waals surface area contributed by atoms with Crippen molar-refractivity contribution in [3.05, 3.63) is 84.2 Å². The van der Waals surface area contributed by atoms with E-state index in [1.807, 2.05) is 42.5 Å². The standard InChI is InChI=1S/C17H15F/c1-14-6-3-2-4-8-15(9-5-7-14)16-10-12-17(18)13-11-16/h2-13H,1H3. The summed E-state index contributed by atoms with van der Waals surface area (Å²) in [5.41, 5.74) is 3.26. The summed E-state index contributed by atoms with van der Waals surface area (Å²) in [6.45, 7) is 2.05. The van der Waals surface area contributed by atoms with Crippen molar-refractivity contribution < 1.29 is 4.39 Å². The first-order valence-corrected chi connectivity index (χ1v) is 5.92. The van der Waals surface area contributed by atoms with Crippen molar-refractivity contribution in [3.63, 3.8) is 0 Å². The van der Waals surface area contributed by atoms with Gasteiger partial charge in [0.15, 0.2) is 0 Å². The predicted octanol–water partition coefficient (Wildman–Crippen LogP) is 4.93. The van der Waals surface area contributed by atoms with Gasteiger partial charge in [-0.25, -0.2) is 4.39 Å². The number of aryl methyl sites for hydroxylation is 1. The molecule has 0 bridgehead atoms. The molecule has 0 aliphatic carbocycles. The van der Waals surface area contributed by atoms with E-state index in [1.165, 1.54) is 17.7 Å². The summed E-state index contributed by atoms with van der Waals surface area (Å²) in [4.78, 5) is 0. The van der Waals surface area contributed by atoms with E-state index in [0.29, 0.717) is 0 Å². The zero-order valence-electron chi connectivity index (χ0n) is 10.3. The van der Waals surface area contributed by atoms with Gasteiger partial charge in [0, 0.05) is 0 Å². The highest BCUT2D eigenvalue weighted by molar-refractivity contribution is 5.62. The fourth-order valence-electron chi connectivity index (χ4n) is 1.68. The maximum absolute atomic E-state index is 12.9. The van der Waals surface area contributed by atoms with Crippen LogP contribution in [0.1, 0.15) is 5.56 Å². The second-order valence-electron chi connectivity index (χ2n) is 4.14. The highest BCUT2D eigenvalue weighted by Gasteiger charge is 1.94. The molecule has 18 heavy (non-hydrogen) atoms. The highest BCUT2D eigenvalue weighted by atomic mass is 19.1. The van der Waals surface area contributed by atoms with Gasteiger partial charge in [-0.2, -0.15) is 0 Å². The Morgan fingerprint density at radius 2 is 1.17 bits per heavy atom. The maximum Gasteiger partial charge on any atom is 0.123 e. The van der Waals surface area contributed by atoms with E-state index in [2.05, 4.69) is 13.0 Å². The predicted molar refractivity (Wildman–Crippen MR) is 74.2 cm³/mol. The van der Waals surface area contributed by atoms with E-state index in [9.17, 15) is 4.39 Å². The first-order chi connectivity index (χ1) is 8.75. The lowest BCUT2D eigenvalue weighted by molar-refractivity contribution is 0.628. The molecule has 0 nitrogen and oxygen atoms in total. The summed E-state index contributed by atoms with van der Waals surface area (Å²) in [5.74, 6) is -0.211. The summed E-state index contributed by atoms with van der Waals surface area (Å²) in [6, 6.07) is 22.7. The highest BCUT2D eigenvalue weighted by Crippen LogP contribution is 2.17.